The smallest absolute Gasteiger partial charge is 0.229 e. The number of nitrogens with one attached hydrogen (secondary N) is 1. The average molecular weight is 269 g/mol. The summed E-state index contributed by atoms with van der Waals surface area (Å²) in [5.41, 5.74) is 10.7. The highest BCUT2D eigenvalue weighted by molar-refractivity contribution is 5.91. The fraction of sp³-hybridized carbons (Fsp3) is 0.250. The van der Waals surface area contributed by atoms with Gasteiger partial charge in [0.15, 0.2) is 0 Å². The fourth-order valence-electron chi connectivity index (χ4n) is 2.32. The summed E-state index contributed by atoms with van der Waals surface area (Å²) in [5.74, 6) is 0.448. The van der Waals surface area contributed by atoms with Gasteiger partial charge in [0.2, 0.25) is 5.91 Å². The van der Waals surface area contributed by atoms with Crippen molar-refractivity contribution >= 4 is 17.4 Å². The van der Waals surface area contributed by atoms with Crippen LogP contribution in [0.25, 0.3) is 0 Å². The molecule has 0 aliphatic rings. The summed E-state index contributed by atoms with van der Waals surface area (Å²) in [4.78, 5) is 16.1. The minimum atomic E-state index is -0.0719. The van der Waals surface area contributed by atoms with Gasteiger partial charge in [0, 0.05) is 0 Å². The number of aromatic nitrogens is 1. The van der Waals surface area contributed by atoms with Crippen molar-refractivity contribution in [2.24, 2.45) is 0 Å². The van der Waals surface area contributed by atoms with Gasteiger partial charge in [-0.25, -0.2) is 4.98 Å². The zero-order valence-electron chi connectivity index (χ0n) is 12.0. The van der Waals surface area contributed by atoms with Crippen molar-refractivity contribution in [1.29, 1.82) is 0 Å². The van der Waals surface area contributed by atoms with Crippen molar-refractivity contribution in [3.05, 3.63) is 52.7 Å². The highest BCUT2D eigenvalue weighted by atomic mass is 16.1. The first-order valence-corrected chi connectivity index (χ1v) is 6.54. The molecule has 0 saturated heterocycles. The van der Waals surface area contributed by atoms with Gasteiger partial charge in [0.1, 0.15) is 5.82 Å². The van der Waals surface area contributed by atoms with Gasteiger partial charge in [-0.15, -0.1) is 0 Å². The lowest BCUT2D eigenvalue weighted by Crippen LogP contribution is -2.16. The summed E-state index contributed by atoms with van der Waals surface area (Å²) in [6.07, 6.45) is 1.88. The molecular formula is C16H19N3O. The van der Waals surface area contributed by atoms with Gasteiger partial charge >= 0.3 is 0 Å². The number of nitrogens with two attached hydrogens (primary N) is 1. The Labute approximate surface area is 119 Å². The molecule has 0 bridgehead atoms. The Morgan fingerprint density at radius 3 is 2.40 bits per heavy atom. The van der Waals surface area contributed by atoms with Crippen molar-refractivity contribution in [2.45, 2.75) is 27.2 Å². The van der Waals surface area contributed by atoms with E-state index in [0.29, 0.717) is 17.9 Å². The zero-order valence-corrected chi connectivity index (χ0v) is 12.0. The van der Waals surface area contributed by atoms with E-state index < -0.39 is 0 Å². The molecule has 2 rings (SSSR count). The average Bonchev–Trinajstić information content (AvgIpc) is 2.36. The molecule has 104 valence electrons. The Kier molecular flexibility index (Phi) is 4.03. The zero-order chi connectivity index (χ0) is 14.7. The molecule has 0 radical (unpaired) electrons. The summed E-state index contributed by atoms with van der Waals surface area (Å²) in [7, 11) is 0. The van der Waals surface area contributed by atoms with Gasteiger partial charge < -0.3 is 11.1 Å². The molecule has 4 heteroatoms. The second kappa shape index (κ2) is 5.74. The van der Waals surface area contributed by atoms with Gasteiger partial charge in [-0.2, -0.15) is 0 Å². The van der Waals surface area contributed by atoms with Crippen molar-refractivity contribution in [1.82, 2.24) is 4.98 Å². The Morgan fingerprint density at radius 2 is 1.85 bits per heavy atom. The number of anilines is 2. The van der Waals surface area contributed by atoms with Gasteiger partial charge in [-0.05, 0) is 49.6 Å². The molecule has 3 N–H and O–H groups in total. The molecule has 0 aliphatic carbocycles. The molecular weight excluding hydrogens is 250 g/mol. The number of pyridine rings is 1. The highest BCUT2D eigenvalue weighted by Gasteiger charge is 2.10. The van der Waals surface area contributed by atoms with E-state index in [9.17, 15) is 4.79 Å². The molecule has 0 fully saturated rings. The maximum Gasteiger partial charge on any atom is 0.229 e. The highest BCUT2D eigenvalue weighted by Crippen LogP contribution is 2.17. The standard InChI is InChI=1S/C16H19N3O/c1-10-6-11(2)14(12(3)7-10)8-16(20)19-15-5-4-13(17)9-18-15/h4-7,9H,8,17H2,1-3H3,(H,18,19,20). The summed E-state index contributed by atoms with van der Waals surface area (Å²) in [6, 6.07) is 7.60. The number of nitrogens with zero attached hydrogens (tertiary/aromatic N) is 1. The number of carbonyl (C=O) groups is 1. The monoisotopic (exact) mass is 269 g/mol. The predicted octanol–water partition coefficient (Wildman–Crippen LogP) is 2.77. The minimum absolute atomic E-state index is 0.0719. The van der Waals surface area contributed by atoms with Crippen LogP contribution in [0.2, 0.25) is 0 Å². The van der Waals surface area contributed by atoms with Gasteiger partial charge in [0.05, 0.1) is 18.3 Å². The van der Waals surface area contributed by atoms with Crippen LogP contribution < -0.4 is 11.1 Å². The number of rotatable bonds is 3. The van der Waals surface area contributed by atoms with Gasteiger partial charge in [0.25, 0.3) is 0 Å². The van der Waals surface area contributed by atoms with Crippen LogP contribution in [-0.4, -0.2) is 10.9 Å². The van der Waals surface area contributed by atoms with Crippen LogP contribution >= 0.6 is 0 Å². The second-order valence-corrected chi connectivity index (χ2v) is 5.08. The first-order chi connectivity index (χ1) is 9.45. The van der Waals surface area contributed by atoms with Crippen molar-refractivity contribution in [3.63, 3.8) is 0 Å². The second-order valence-electron chi connectivity index (χ2n) is 5.08. The lowest BCUT2D eigenvalue weighted by Gasteiger charge is -2.11. The fourth-order valence-corrected chi connectivity index (χ4v) is 2.32. The van der Waals surface area contributed by atoms with E-state index in [-0.39, 0.29) is 5.91 Å². The summed E-state index contributed by atoms with van der Waals surface area (Å²) < 4.78 is 0. The third-order valence-electron chi connectivity index (χ3n) is 3.23. The van der Waals surface area contributed by atoms with Crippen LogP contribution in [0, 0.1) is 20.8 Å². The Bertz CT molecular complexity index is 610. The number of hydrogen-bond acceptors (Lipinski definition) is 3. The minimum Gasteiger partial charge on any atom is -0.397 e. The van der Waals surface area contributed by atoms with Crippen LogP contribution in [0.4, 0.5) is 11.5 Å². The van der Waals surface area contributed by atoms with Crippen LogP contribution in [0.5, 0.6) is 0 Å². The molecule has 0 unspecified atom stereocenters. The molecule has 0 aliphatic heterocycles. The van der Waals surface area contributed by atoms with E-state index in [1.165, 1.54) is 11.8 Å². The molecule has 1 amide bonds. The van der Waals surface area contributed by atoms with Crippen molar-refractivity contribution < 1.29 is 4.79 Å². The first-order valence-electron chi connectivity index (χ1n) is 6.54. The largest absolute Gasteiger partial charge is 0.397 e. The lowest BCUT2D eigenvalue weighted by atomic mass is 9.97. The van der Waals surface area contributed by atoms with Crippen LogP contribution in [0.1, 0.15) is 22.3 Å². The van der Waals surface area contributed by atoms with E-state index in [0.717, 1.165) is 16.7 Å². The van der Waals surface area contributed by atoms with Crippen molar-refractivity contribution in [2.75, 3.05) is 11.1 Å². The van der Waals surface area contributed by atoms with E-state index in [2.05, 4.69) is 29.4 Å². The molecule has 4 nitrogen and oxygen atoms in total. The van der Waals surface area contributed by atoms with E-state index >= 15 is 0 Å². The van der Waals surface area contributed by atoms with Crippen LogP contribution in [-0.2, 0) is 11.2 Å². The normalized spacial score (nSPS) is 10.3. The van der Waals surface area contributed by atoms with E-state index in [1.54, 1.807) is 12.1 Å². The molecule has 1 aromatic carbocycles. The summed E-state index contributed by atoms with van der Waals surface area (Å²) in [6.45, 7) is 6.12. The van der Waals surface area contributed by atoms with Gasteiger partial charge in [-0.3, -0.25) is 4.79 Å². The SMILES string of the molecule is Cc1cc(C)c(CC(=O)Nc2ccc(N)cn2)c(C)c1. The molecule has 2 aromatic rings. The Morgan fingerprint density at radius 1 is 1.20 bits per heavy atom. The lowest BCUT2D eigenvalue weighted by molar-refractivity contribution is -0.115. The Balaban J connectivity index is 2.10. The number of amides is 1. The molecule has 0 saturated carbocycles. The maximum atomic E-state index is 12.1. The quantitative estimate of drug-likeness (QED) is 0.900. The third-order valence-corrected chi connectivity index (χ3v) is 3.23. The first kappa shape index (κ1) is 14.1. The summed E-state index contributed by atoms with van der Waals surface area (Å²) >= 11 is 0. The van der Waals surface area contributed by atoms with Crippen LogP contribution in [0.15, 0.2) is 30.5 Å². The number of hydrogen-bond donors (Lipinski definition) is 2. The number of aryl methyl sites for hydroxylation is 3. The Hall–Kier alpha value is -2.36. The third kappa shape index (κ3) is 3.35. The number of carbonyl (C=O) groups excluding carboxylic acids is 1. The van der Waals surface area contributed by atoms with Gasteiger partial charge in [-0.1, -0.05) is 17.7 Å². The maximum absolute atomic E-state index is 12.1. The molecule has 0 spiro atoms. The van der Waals surface area contributed by atoms with E-state index in [4.69, 9.17) is 5.73 Å². The molecule has 0 atom stereocenters. The predicted molar refractivity (Wildman–Crippen MR) is 81.6 cm³/mol. The number of nitrogen functional groups attached to an aromatic ring is 1. The summed E-state index contributed by atoms with van der Waals surface area (Å²) in [5, 5.41) is 2.78. The molecule has 1 aromatic heterocycles. The van der Waals surface area contributed by atoms with E-state index in [1.807, 2.05) is 13.8 Å². The van der Waals surface area contributed by atoms with Crippen LogP contribution in [0.3, 0.4) is 0 Å². The topological polar surface area (TPSA) is 68.0 Å². The number of benzene rings is 1. The van der Waals surface area contributed by atoms with Crippen molar-refractivity contribution in [3.8, 4) is 0 Å². The molecule has 1 heterocycles. The molecule has 20 heavy (non-hydrogen) atoms.